The van der Waals surface area contributed by atoms with Crippen LogP contribution in [0.15, 0.2) is 23.2 Å². The summed E-state index contributed by atoms with van der Waals surface area (Å²) in [4.78, 5) is 12.3. The second-order valence-corrected chi connectivity index (χ2v) is 9.26. The number of likely N-dealkylation sites (tertiary alicyclic amines) is 1. The first kappa shape index (κ1) is 17.2. The first-order valence-corrected chi connectivity index (χ1v) is 10.5. The van der Waals surface area contributed by atoms with Crippen LogP contribution in [-0.4, -0.2) is 41.3 Å². The third-order valence-electron chi connectivity index (χ3n) is 6.20. The highest BCUT2D eigenvalue weighted by Crippen LogP contribution is 2.38. The molecule has 1 saturated heterocycles. The highest BCUT2D eigenvalue weighted by Gasteiger charge is 2.30. The van der Waals surface area contributed by atoms with Crippen LogP contribution < -0.4 is 0 Å². The van der Waals surface area contributed by atoms with Gasteiger partial charge in [0, 0.05) is 30.3 Å². The van der Waals surface area contributed by atoms with Crippen LogP contribution in [0.25, 0.3) is 10.2 Å². The summed E-state index contributed by atoms with van der Waals surface area (Å²) in [7, 11) is 2.25. The molecule has 0 bridgehead atoms. The van der Waals surface area contributed by atoms with Crippen molar-refractivity contribution in [1.82, 2.24) is 9.88 Å². The number of piperidine rings is 1. The topological polar surface area (TPSA) is 28.5 Å². The summed E-state index contributed by atoms with van der Waals surface area (Å²) in [6.45, 7) is 7.95. The molecule has 3 nitrogen and oxygen atoms in total. The Balaban J connectivity index is 1.60. The first-order valence-electron chi connectivity index (χ1n) is 9.67. The summed E-state index contributed by atoms with van der Waals surface area (Å²) in [5, 5.41) is 1.33. The number of rotatable bonds is 2. The van der Waals surface area contributed by atoms with E-state index in [0.717, 1.165) is 24.4 Å². The fraction of sp³-hybridized carbons (Fsp3) is 0.619. The molecule has 3 heterocycles. The molecule has 2 aromatic rings. The summed E-state index contributed by atoms with van der Waals surface area (Å²) in [5.41, 5.74) is 3.72. The minimum Gasteiger partial charge on any atom is -0.301 e. The van der Waals surface area contributed by atoms with E-state index in [1.807, 2.05) is 11.3 Å². The molecule has 0 saturated carbocycles. The van der Waals surface area contributed by atoms with Gasteiger partial charge in [0.05, 0.1) is 15.2 Å². The Morgan fingerprint density at radius 3 is 2.56 bits per heavy atom. The standard InChI is InChI=1S/C21H29N3S/c1-13-5-7-18(22-12-13)16-6-8-20-19(11-16)23-21(25-20)17-9-14(2)24(4)15(3)10-17/h6,8,11,13-15,17H,5,7,9-10,12H2,1-4H3/t13-,14-,15+,17+/m0/s1. The number of nitrogens with zero attached hydrogens (tertiary/aromatic N) is 3. The second-order valence-electron chi connectivity index (χ2n) is 8.20. The Morgan fingerprint density at radius 2 is 1.88 bits per heavy atom. The lowest BCUT2D eigenvalue weighted by atomic mass is 9.88. The van der Waals surface area contributed by atoms with E-state index in [4.69, 9.17) is 9.98 Å². The highest BCUT2D eigenvalue weighted by molar-refractivity contribution is 7.18. The van der Waals surface area contributed by atoms with E-state index in [9.17, 15) is 0 Å². The molecular weight excluding hydrogens is 326 g/mol. The van der Waals surface area contributed by atoms with Gasteiger partial charge in [-0.25, -0.2) is 4.98 Å². The summed E-state index contributed by atoms with van der Waals surface area (Å²) in [5.74, 6) is 1.33. The highest BCUT2D eigenvalue weighted by atomic mass is 32.1. The minimum atomic E-state index is 0.606. The van der Waals surface area contributed by atoms with Crippen molar-refractivity contribution in [3.63, 3.8) is 0 Å². The van der Waals surface area contributed by atoms with Crippen LogP contribution in [0.1, 0.15) is 62.9 Å². The lowest BCUT2D eigenvalue weighted by molar-refractivity contribution is 0.122. The molecular formula is C21H29N3S. The first-order chi connectivity index (χ1) is 12.0. The van der Waals surface area contributed by atoms with Crippen molar-refractivity contribution in [2.75, 3.05) is 13.6 Å². The van der Waals surface area contributed by atoms with Gasteiger partial charge in [0.25, 0.3) is 0 Å². The normalized spacial score (nSPS) is 31.3. The van der Waals surface area contributed by atoms with Gasteiger partial charge in [0.1, 0.15) is 0 Å². The number of hydrogen-bond acceptors (Lipinski definition) is 4. The predicted molar refractivity (Wildman–Crippen MR) is 108 cm³/mol. The maximum Gasteiger partial charge on any atom is 0.0970 e. The van der Waals surface area contributed by atoms with Crippen molar-refractivity contribution in [3.05, 3.63) is 28.8 Å². The summed E-state index contributed by atoms with van der Waals surface area (Å²) >= 11 is 1.90. The van der Waals surface area contributed by atoms with Gasteiger partial charge in [0.15, 0.2) is 0 Å². The van der Waals surface area contributed by atoms with Crippen molar-refractivity contribution < 1.29 is 0 Å². The number of benzene rings is 1. The summed E-state index contributed by atoms with van der Waals surface area (Å²) in [6.07, 6.45) is 4.80. The molecule has 4 rings (SSSR count). The minimum absolute atomic E-state index is 0.606. The van der Waals surface area contributed by atoms with Crippen LogP contribution >= 0.6 is 11.3 Å². The quantitative estimate of drug-likeness (QED) is 0.749. The van der Waals surface area contributed by atoms with Gasteiger partial charge in [-0.05, 0) is 70.2 Å². The molecule has 1 aromatic carbocycles. The lowest BCUT2D eigenvalue weighted by Crippen LogP contribution is -2.43. The molecule has 1 fully saturated rings. The zero-order chi connectivity index (χ0) is 17.6. The molecule has 0 spiro atoms. The average Bonchev–Trinajstić information content (AvgIpc) is 3.03. The summed E-state index contributed by atoms with van der Waals surface area (Å²) in [6, 6.07) is 8.05. The Labute approximate surface area is 155 Å². The van der Waals surface area contributed by atoms with Crippen molar-refractivity contribution in [1.29, 1.82) is 0 Å². The second kappa shape index (κ2) is 6.81. The van der Waals surface area contributed by atoms with Gasteiger partial charge >= 0.3 is 0 Å². The van der Waals surface area contributed by atoms with Crippen LogP contribution in [0.5, 0.6) is 0 Å². The lowest BCUT2D eigenvalue weighted by Gasteiger charge is -2.39. The van der Waals surface area contributed by atoms with Crippen LogP contribution in [0.3, 0.4) is 0 Å². The van der Waals surface area contributed by atoms with E-state index < -0.39 is 0 Å². The molecule has 4 heteroatoms. The van der Waals surface area contributed by atoms with Gasteiger partial charge in [-0.2, -0.15) is 0 Å². The molecule has 134 valence electrons. The Kier molecular flexibility index (Phi) is 4.67. The zero-order valence-corrected chi connectivity index (χ0v) is 16.6. The van der Waals surface area contributed by atoms with E-state index in [0.29, 0.717) is 18.0 Å². The van der Waals surface area contributed by atoms with Crippen LogP contribution in [0.2, 0.25) is 0 Å². The van der Waals surface area contributed by atoms with Gasteiger partial charge in [-0.3, -0.25) is 4.99 Å². The van der Waals surface area contributed by atoms with Gasteiger partial charge in [-0.1, -0.05) is 13.0 Å². The van der Waals surface area contributed by atoms with Crippen LogP contribution in [0, 0.1) is 5.92 Å². The molecule has 4 atom stereocenters. The van der Waals surface area contributed by atoms with Crippen molar-refractivity contribution in [2.24, 2.45) is 10.9 Å². The third-order valence-corrected chi connectivity index (χ3v) is 7.39. The predicted octanol–water partition coefficient (Wildman–Crippen LogP) is 5.10. The molecule has 0 unspecified atom stereocenters. The van der Waals surface area contributed by atoms with E-state index >= 15 is 0 Å². The number of aromatic nitrogens is 1. The van der Waals surface area contributed by atoms with Gasteiger partial charge < -0.3 is 4.90 Å². The smallest absolute Gasteiger partial charge is 0.0970 e. The van der Waals surface area contributed by atoms with Gasteiger partial charge in [-0.15, -0.1) is 11.3 Å². The number of aliphatic imine (C=N–C) groups is 1. The number of hydrogen-bond donors (Lipinski definition) is 0. The third kappa shape index (κ3) is 3.39. The maximum absolute atomic E-state index is 5.05. The maximum atomic E-state index is 5.05. The molecule has 0 aliphatic carbocycles. The number of thiazole rings is 1. The Bertz CT molecular complexity index is 782. The molecule has 0 amide bonds. The zero-order valence-electron chi connectivity index (χ0n) is 15.8. The number of fused-ring (bicyclic) bond motifs is 1. The van der Waals surface area contributed by atoms with Crippen molar-refractivity contribution in [3.8, 4) is 0 Å². The molecule has 25 heavy (non-hydrogen) atoms. The van der Waals surface area contributed by atoms with Crippen LogP contribution in [0.4, 0.5) is 0 Å². The monoisotopic (exact) mass is 355 g/mol. The molecule has 1 aromatic heterocycles. The van der Waals surface area contributed by atoms with Crippen molar-refractivity contribution in [2.45, 2.75) is 64.5 Å². The van der Waals surface area contributed by atoms with Crippen molar-refractivity contribution >= 4 is 27.3 Å². The SMILES string of the molecule is C[C@H]1CCC(c2ccc3sc([C@H]4C[C@@H](C)N(C)[C@@H](C)C4)nc3c2)=NC1. The Morgan fingerprint density at radius 1 is 1.12 bits per heavy atom. The largest absolute Gasteiger partial charge is 0.301 e. The molecule has 2 aliphatic rings. The van der Waals surface area contributed by atoms with E-state index in [1.165, 1.54) is 40.2 Å². The molecule has 0 N–H and O–H groups in total. The summed E-state index contributed by atoms with van der Waals surface area (Å²) < 4.78 is 1.32. The Hall–Kier alpha value is -1.26. The van der Waals surface area contributed by atoms with E-state index in [2.05, 4.69) is 50.9 Å². The molecule has 0 radical (unpaired) electrons. The van der Waals surface area contributed by atoms with E-state index in [1.54, 1.807) is 0 Å². The van der Waals surface area contributed by atoms with Crippen LogP contribution in [-0.2, 0) is 0 Å². The fourth-order valence-electron chi connectivity index (χ4n) is 4.24. The van der Waals surface area contributed by atoms with E-state index in [-0.39, 0.29) is 0 Å². The van der Waals surface area contributed by atoms with Gasteiger partial charge in [0.2, 0.25) is 0 Å². The fourth-order valence-corrected chi connectivity index (χ4v) is 5.32. The molecule has 2 aliphatic heterocycles. The average molecular weight is 356 g/mol.